The van der Waals surface area contributed by atoms with Crippen LogP contribution in [0.5, 0.6) is 0 Å². The second-order valence-corrected chi connectivity index (χ2v) is 10.0. The number of anilines is 1. The molecule has 0 radical (unpaired) electrons. The number of benzene rings is 2. The van der Waals surface area contributed by atoms with E-state index < -0.39 is 22.0 Å². The smallest absolute Gasteiger partial charge is 0.244 e. The van der Waals surface area contributed by atoms with Crippen LogP contribution in [0, 0.1) is 6.92 Å². The van der Waals surface area contributed by atoms with Crippen molar-refractivity contribution in [3.8, 4) is 0 Å². The minimum Gasteiger partial charge on any atom is -0.352 e. The average molecular weight is 460 g/mol. The van der Waals surface area contributed by atoms with Gasteiger partial charge in [-0.25, -0.2) is 8.42 Å². The molecule has 2 amide bonds. The third-order valence-corrected chi connectivity index (χ3v) is 6.28. The first kappa shape index (κ1) is 25.4. The molecule has 1 N–H and O–H groups in total. The molecular formula is C24H33N3O4S. The number of hydrogen-bond acceptors (Lipinski definition) is 4. The third-order valence-electron chi connectivity index (χ3n) is 5.14. The van der Waals surface area contributed by atoms with Crippen LogP contribution in [0.3, 0.4) is 0 Å². The fraction of sp³-hybridized carbons (Fsp3) is 0.417. The Kier molecular flexibility index (Phi) is 8.83. The van der Waals surface area contributed by atoms with Crippen LogP contribution >= 0.6 is 0 Å². The Morgan fingerprint density at radius 1 is 1.00 bits per heavy atom. The lowest BCUT2D eigenvalue weighted by Gasteiger charge is -2.33. The van der Waals surface area contributed by atoms with Gasteiger partial charge >= 0.3 is 0 Å². The van der Waals surface area contributed by atoms with Crippen molar-refractivity contribution in [2.45, 2.75) is 52.7 Å². The summed E-state index contributed by atoms with van der Waals surface area (Å²) in [5, 5.41) is 2.88. The summed E-state index contributed by atoms with van der Waals surface area (Å²) < 4.78 is 26.1. The van der Waals surface area contributed by atoms with E-state index in [1.165, 1.54) is 4.90 Å². The van der Waals surface area contributed by atoms with Gasteiger partial charge in [0, 0.05) is 12.6 Å². The number of aryl methyl sites for hydroxylation is 1. The maximum Gasteiger partial charge on any atom is 0.244 e. The molecule has 2 rings (SSSR count). The molecule has 0 aliphatic carbocycles. The van der Waals surface area contributed by atoms with Gasteiger partial charge in [-0.05, 0) is 50.5 Å². The van der Waals surface area contributed by atoms with E-state index in [4.69, 9.17) is 0 Å². The first-order chi connectivity index (χ1) is 15.0. The fourth-order valence-electron chi connectivity index (χ4n) is 3.48. The highest BCUT2D eigenvalue weighted by Gasteiger charge is 2.32. The first-order valence-electron chi connectivity index (χ1n) is 10.7. The van der Waals surface area contributed by atoms with Gasteiger partial charge in [-0.1, -0.05) is 49.4 Å². The summed E-state index contributed by atoms with van der Waals surface area (Å²) >= 11 is 0. The predicted molar refractivity (Wildman–Crippen MR) is 128 cm³/mol. The molecule has 0 aromatic heterocycles. The van der Waals surface area contributed by atoms with Crippen molar-refractivity contribution in [1.82, 2.24) is 10.2 Å². The van der Waals surface area contributed by atoms with Gasteiger partial charge in [-0.3, -0.25) is 13.9 Å². The van der Waals surface area contributed by atoms with Crippen molar-refractivity contribution in [3.05, 3.63) is 65.7 Å². The van der Waals surface area contributed by atoms with Crippen LogP contribution in [-0.2, 0) is 26.2 Å². The summed E-state index contributed by atoms with van der Waals surface area (Å²) in [7, 11) is -3.71. The maximum atomic E-state index is 13.5. The van der Waals surface area contributed by atoms with Crippen LogP contribution < -0.4 is 9.62 Å². The number of para-hydroxylation sites is 1. The second kappa shape index (κ2) is 11.1. The summed E-state index contributed by atoms with van der Waals surface area (Å²) in [4.78, 5) is 27.9. The number of rotatable bonds is 10. The molecular weight excluding hydrogens is 426 g/mol. The standard InChI is InChI=1S/C24H33N3O4S/c1-6-22(24(29)25-18(2)3)26(16-20-13-11-10-12-19(20)4)23(28)17-27(32(5,30)31)21-14-8-7-9-15-21/h7-15,18,22H,6,16-17H2,1-5H3,(H,25,29). The van der Waals surface area contributed by atoms with E-state index in [0.717, 1.165) is 21.7 Å². The fourth-order valence-corrected chi connectivity index (χ4v) is 4.33. The number of carbonyl (C=O) groups excluding carboxylic acids is 2. The Labute approximate surface area is 191 Å². The molecule has 0 fully saturated rings. The molecule has 0 spiro atoms. The highest BCUT2D eigenvalue weighted by molar-refractivity contribution is 7.92. The van der Waals surface area contributed by atoms with Crippen LogP contribution in [0.2, 0.25) is 0 Å². The van der Waals surface area contributed by atoms with Crippen molar-refractivity contribution in [3.63, 3.8) is 0 Å². The van der Waals surface area contributed by atoms with Crippen molar-refractivity contribution >= 4 is 27.5 Å². The third kappa shape index (κ3) is 6.82. The SMILES string of the molecule is CCC(C(=O)NC(C)C)N(Cc1ccccc1C)C(=O)CN(c1ccccc1)S(C)(=O)=O. The van der Waals surface area contributed by atoms with Gasteiger partial charge in [0.1, 0.15) is 12.6 Å². The van der Waals surface area contributed by atoms with Crippen molar-refractivity contribution in [2.24, 2.45) is 0 Å². The second-order valence-electron chi connectivity index (χ2n) is 8.14. The number of sulfonamides is 1. The summed E-state index contributed by atoms with van der Waals surface area (Å²) in [6, 6.07) is 15.3. The molecule has 0 saturated carbocycles. The topological polar surface area (TPSA) is 86.8 Å². The van der Waals surface area contributed by atoms with E-state index in [1.54, 1.807) is 30.3 Å². The van der Waals surface area contributed by atoms with E-state index in [9.17, 15) is 18.0 Å². The quantitative estimate of drug-likeness (QED) is 0.592. The Morgan fingerprint density at radius 3 is 2.12 bits per heavy atom. The Balaban J connectivity index is 2.43. The van der Waals surface area contributed by atoms with E-state index in [-0.39, 0.29) is 25.0 Å². The molecule has 1 unspecified atom stereocenters. The summed E-state index contributed by atoms with van der Waals surface area (Å²) in [6.07, 6.45) is 1.47. The zero-order valence-electron chi connectivity index (χ0n) is 19.4. The minimum atomic E-state index is -3.71. The number of nitrogens with zero attached hydrogens (tertiary/aromatic N) is 2. The van der Waals surface area contributed by atoms with Crippen LogP contribution in [0.4, 0.5) is 5.69 Å². The molecule has 7 nitrogen and oxygen atoms in total. The molecule has 0 aliphatic heterocycles. The van der Waals surface area contributed by atoms with Gasteiger partial charge in [0.15, 0.2) is 0 Å². The lowest BCUT2D eigenvalue weighted by atomic mass is 10.1. The summed E-state index contributed by atoms with van der Waals surface area (Å²) in [5.41, 5.74) is 2.30. The van der Waals surface area contributed by atoms with Crippen LogP contribution in [0.1, 0.15) is 38.3 Å². The van der Waals surface area contributed by atoms with Crippen molar-refractivity contribution in [2.75, 3.05) is 17.1 Å². The van der Waals surface area contributed by atoms with Gasteiger partial charge in [-0.15, -0.1) is 0 Å². The van der Waals surface area contributed by atoms with Gasteiger partial charge in [0.05, 0.1) is 11.9 Å². The molecule has 0 heterocycles. The van der Waals surface area contributed by atoms with Crippen LogP contribution in [-0.4, -0.2) is 50.0 Å². The van der Waals surface area contributed by atoms with Crippen molar-refractivity contribution < 1.29 is 18.0 Å². The zero-order chi connectivity index (χ0) is 23.9. The molecule has 174 valence electrons. The number of carbonyl (C=O) groups is 2. The zero-order valence-corrected chi connectivity index (χ0v) is 20.2. The monoisotopic (exact) mass is 459 g/mol. The van der Waals surface area contributed by atoms with E-state index >= 15 is 0 Å². The van der Waals surface area contributed by atoms with Gasteiger partial charge in [0.25, 0.3) is 0 Å². The highest BCUT2D eigenvalue weighted by atomic mass is 32.2. The molecule has 8 heteroatoms. The van der Waals surface area contributed by atoms with E-state index in [2.05, 4.69) is 5.32 Å². The molecule has 0 aliphatic rings. The predicted octanol–water partition coefficient (Wildman–Crippen LogP) is 3.09. The summed E-state index contributed by atoms with van der Waals surface area (Å²) in [5.74, 6) is -0.691. The molecule has 1 atom stereocenters. The molecule has 2 aromatic carbocycles. The Bertz CT molecular complexity index is 1020. The van der Waals surface area contributed by atoms with E-state index in [0.29, 0.717) is 12.1 Å². The molecule has 0 saturated heterocycles. The summed E-state index contributed by atoms with van der Waals surface area (Å²) in [6.45, 7) is 7.33. The normalized spacial score (nSPS) is 12.3. The van der Waals surface area contributed by atoms with Crippen LogP contribution in [0.25, 0.3) is 0 Å². The first-order valence-corrected chi connectivity index (χ1v) is 12.6. The number of amides is 2. The highest BCUT2D eigenvalue weighted by Crippen LogP contribution is 2.20. The minimum absolute atomic E-state index is 0.0798. The lowest BCUT2D eigenvalue weighted by molar-refractivity contribution is -0.140. The Hall–Kier alpha value is -2.87. The van der Waals surface area contributed by atoms with Gasteiger partial charge in [-0.2, -0.15) is 0 Å². The molecule has 2 aromatic rings. The Morgan fingerprint density at radius 2 is 1.59 bits per heavy atom. The van der Waals surface area contributed by atoms with Gasteiger partial charge in [0.2, 0.25) is 21.8 Å². The number of nitrogens with one attached hydrogen (secondary N) is 1. The van der Waals surface area contributed by atoms with Gasteiger partial charge < -0.3 is 10.2 Å². The molecule has 32 heavy (non-hydrogen) atoms. The maximum absolute atomic E-state index is 13.5. The lowest BCUT2D eigenvalue weighted by Crippen LogP contribution is -2.53. The largest absolute Gasteiger partial charge is 0.352 e. The number of hydrogen-bond donors (Lipinski definition) is 1. The van der Waals surface area contributed by atoms with E-state index in [1.807, 2.05) is 52.0 Å². The van der Waals surface area contributed by atoms with Crippen LogP contribution in [0.15, 0.2) is 54.6 Å². The van der Waals surface area contributed by atoms with Crippen molar-refractivity contribution in [1.29, 1.82) is 0 Å². The average Bonchev–Trinajstić information content (AvgIpc) is 2.72. The molecule has 0 bridgehead atoms.